The Morgan fingerprint density at radius 2 is 1.33 bits per heavy atom. The molecule has 0 unspecified atom stereocenters. The van der Waals surface area contributed by atoms with Crippen molar-refractivity contribution >= 4 is 17.5 Å². The van der Waals surface area contributed by atoms with Gasteiger partial charge in [0, 0.05) is 11.6 Å². The van der Waals surface area contributed by atoms with Crippen LogP contribution >= 0.6 is 11.6 Å². The maximum absolute atomic E-state index is 13.2. The molecule has 0 saturated carbocycles. The Bertz CT molecular complexity index is 598. The van der Waals surface area contributed by atoms with Crippen molar-refractivity contribution in [3.63, 3.8) is 0 Å². The van der Waals surface area contributed by atoms with Crippen LogP contribution in [0.25, 0.3) is 0 Å². The smallest absolute Gasteiger partial charge is 0.347 e. The Hall–Kier alpha value is -1.65. The number of halogens is 10. The topological polar surface area (TPSA) is 29.1 Å². The first-order valence-electron chi connectivity index (χ1n) is 5.87. The molecule has 0 spiro atoms. The van der Waals surface area contributed by atoms with E-state index in [1.807, 2.05) is 0 Å². The minimum atomic E-state index is -7.11. The summed E-state index contributed by atoms with van der Waals surface area (Å²) >= 11 is 5.50. The quantitative estimate of drug-likeness (QED) is 0.744. The summed E-state index contributed by atoms with van der Waals surface area (Å²) in [6.45, 7) is -0.820. The van der Waals surface area contributed by atoms with Crippen molar-refractivity contribution in [1.82, 2.24) is 5.32 Å². The van der Waals surface area contributed by atoms with Crippen LogP contribution in [0, 0.1) is 0 Å². The average molecular weight is 388 g/mol. The standard InChI is InChI=1S/C12H7ClF9NO/c13-7-3-1-6(2-4-7)5-23-8(24)9(14,15)10(16,17)11(18,19)12(20,21)22/h1-4H,5H2,(H,23,24). The van der Waals surface area contributed by atoms with Crippen LogP contribution in [-0.2, 0) is 11.3 Å². The van der Waals surface area contributed by atoms with Crippen LogP contribution in [0.1, 0.15) is 5.56 Å². The van der Waals surface area contributed by atoms with Crippen LogP contribution in [0.15, 0.2) is 24.3 Å². The lowest BCUT2D eigenvalue weighted by Gasteiger charge is -2.32. The summed E-state index contributed by atoms with van der Waals surface area (Å²) in [6.07, 6.45) is -6.98. The summed E-state index contributed by atoms with van der Waals surface area (Å²) in [6, 6.07) is 4.85. The Morgan fingerprint density at radius 3 is 1.75 bits per heavy atom. The predicted octanol–water partition coefficient (Wildman–Crippen LogP) is 4.42. The second kappa shape index (κ2) is 6.34. The van der Waals surface area contributed by atoms with Gasteiger partial charge in [-0.2, -0.15) is 39.5 Å². The molecule has 1 aromatic carbocycles. The molecule has 0 aliphatic heterocycles. The monoisotopic (exact) mass is 387 g/mol. The van der Waals surface area contributed by atoms with Crippen LogP contribution in [0.4, 0.5) is 39.5 Å². The molecule has 0 radical (unpaired) electrons. The number of carbonyl (C=O) groups excluding carboxylic acids is 1. The molecular formula is C12H7ClF9NO. The van der Waals surface area contributed by atoms with Gasteiger partial charge in [-0.15, -0.1) is 0 Å². The molecule has 0 saturated heterocycles. The van der Waals surface area contributed by atoms with Gasteiger partial charge < -0.3 is 5.32 Å². The summed E-state index contributed by atoms with van der Waals surface area (Å²) in [5.41, 5.74) is 0.0643. The summed E-state index contributed by atoms with van der Waals surface area (Å²) in [4.78, 5) is 11.1. The lowest BCUT2D eigenvalue weighted by Crippen LogP contribution is -2.65. The summed E-state index contributed by atoms with van der Waals surface area (Å²) in [5, 5.41) is 1.39. The molecule has 0 aromatic heterocycles. The van der Waals surface area contributed by atoms with Gasteiger partial charge in [-0.05, 0) is 17.7 Å². The molecule has 136 valence electrons. The fourth-order valence-electron chi connectivity index (χ4n) is 1.41. The number of alkyl halides is 9. The maximum Gasteiger partial charge on any atom is 0.460 e. The Balaban J connectivity index is 2.96. The van der Waals surface area contributed by atoms with E-state index in [-0.39, 0.29) is 10.6 Å². The molecule has 0 aliphatic carbocycles. The maximum atomic E-state index is 13.2. The zero-order chi connectivity index (χ0) is 19.0. The van der Waals surface area contributed by atoms with Crippen molar-refractivity contribution in [2.24, 2.45) is 0 Å². The van der Waals surface area contributed by atoms with Crippen LogP contribution in [-0.4, -0.2) is 29.9 Å². The van der Waals surface area contributed by atoms with Crippen molar-refractivity contribution in [3.05, 3.63) is 34.9 Å². The van der Waals surface area contributed by atoms with Crippen LogP contribution < -0.4 is 5.32 Å². The first-order valence-corrected chi connectivity index (χ1v) is 6.25. The highest BCUT2D eigenvalue weighted by Crippen LogP contribution is 2.53. The van der Waals surface area contributed by atoms with Gasteiger partial charge in [-0.1, -0.05) is 23.7 Å². The van der Waals surface area contributed by atoms with E-state index in [1.165, 1.54) is 29.6 Å². The van der Waals surface area contributed by atoms with Crippen LogP contribution in [0.3, 0.4) is 0 Å². The number of rotatable bonds is 5. The third kappa shape index (κ3) is 3.55. The minimum Gasteiger partial charge on any atom is -0.347 e. The molecule has 0 fully saturated rings. The van der Waals surface area contributed by atoms with Gasteiger partial charge >= 0.3 is 23.9 Å². The SMILES string of the molecule is O=C(NCc1ccc(Cl)cc1)C(F)(F)C(F)(F)C(F)(F)C(F)(F)F. The highest BCUT2D eigenvalue weighted by molar-refractivity contribution is 6.30. The van der Waals surface area contributed by atoms with Crippen molar-refractivity contribution in [3.8, 4) is 0 Å². The van der Waals surface area contributed by atoms with E-state index in [0.717, 1.165) is 0 Å². The third-order valence-electron chi connectivity index (χ3n) is 2.80. The van der Waals surface area contributed by atoms with E-state index in [4.69, 9.17) is 11.6 Å². The molecule has 1 N–H and O–H groups in total. The van der Waals surface area contributed by atoms with Gasteiger partial charge in [0.25, 0.3) is 5.91 Å². The molecule has 24 heavy (non-hydrogen) atoms. The van der Waals surface area contributed by atoms with Crippen molar-refractivity contribution in [2.45, 2.75) is 30.5 Å². The van der Waals surface area contributed by atoms with E-state index in [1.54, 1.807) is 0 Å². The fraction of sp³-hybridized carbons (Fsp3) is 0.417. The molecule has 12 heteroatoms. The number of hydrogen-bond donors (Lipinski definition) is 1. The van der Waals surface area contributed by atoms with E-state index >= 15 is 0 Å². The highest BCUT2D eigenvalue weighted by atomic mass is 35.5. The van der Waals surface area contributed by atoms with E-state index in [2.05, 4.69) is 0 Å². The van der Waals surface area contributed by atoms with Gasteiger partial charge in [-0.25, -0.2) is 0 Å². The summed E-state index contributed by atoms with van der Waals surface area (Å²) in [7, 11) is 0. The van der Waals surface area contributed by atoms with Gasteiger partial charge in [0.05, 0.1) is 0 Å². The van der Waals surface area contributed by atoms with Gasteiger partial charge in [0.1, 0.15) is 0 Å². The number of amides is 1. The van der Waals surface area contributed by atoms with Crippen LogP contribution in [0.5, 0.6) is 0 Å². The largest absolute Gasteiger partial charge is 0.460 e. The molecule has 0 atom stereocenters. The van der Waals surface area contributed by atoms with Gasteiger partial charge in [-0.3, -0.25) is 4.79 Å². The van der Waals surface area contributed by atoms with E-state index in [0.29, 0.717) is 0 Å². The number of benzene rings is 1. The summed E-state index contributed by atoms with van der Waals surface area (Å²) < 4.78 is 113. The molecule has 0 bridgehead atoms. The molecule has 2 nitrogen and oxygen atoms in total. The molecule has 1 aromatic rings. The normalized spacial score (nSPS) is 13.8. The number of nitrogens with one attached hydrogen (secondary N) is 1. The van der Waals surface area contributed by atoms with Crippen molar-refractivity contribution < 1.29 is 44.3 Å². The second-order valence-electron chi connectivity index (χ2n) is 4.53. The molecule has 1 rings (SSSR count). The zero-order valence-electron chi connectivity index (χ0n) is 11.2. The number of hydrogen-bond acceptors (Lipinski definition) is 1. The second-order valence-corrected chi connectivity index (χ2v) is 4.97. The molecule has 0 aliphatic rings. The van der Waals surface area contributed by atoms with E-state index < -0.39 is 36.4 Å². The zero-order valence-corrected chi connectivity index (χ0v) is 12.0. The minimum absolute atomic E-state index is 0.0643. The molecule has 0 heterocycles. The molecule has 1 amide bonds. The first kappa shape index (κ1) is 20.4. The Labute approximate surface area is 133 Å². The van der Waals surface area contributed by atoms with Gasteiger partial charge in [0.2, 0.25) is 0 Å². The molecular weight excluding hydrogens is 381 g/mol. The summed E-state index contributed by atoms with van der Waals surface area (Å²) in [5.74, 6) is -23.4. The highest BCUT2D eigenvalue weighted by Gasteiger charge is 2.83. The average Bonchev–Trinajstić information content (AvgIpc) is 2.44. The lowest BCUT2D eigenvalue weighted by atomic mass is 10.0. The predicted molar refractivity (Wildman–Crippen MR) is 64.2 cm³/mol. The first-order chi connectivity index (χ1) is 10.6. The van der Waals surface area contributed by atoms with Crippen molar-refractivity contribution in [2.75, 3.05) is 0 Å². The fourth-order valence-corrected chi connectivity index (χ4v) is 1.54. The van der Waals surface area contributed by atoms with Gasteiger partial charge in [0.15, 0.2) is 0 Å². The Kier molecular flexibility index (Phi) is 5.39. The van der Waals surface area contributed by atoms with Crippen LogP contribution in [0.2, 0.25) is 5.02 Å². The third-order valence-corrected chi connectivity index (χ3v) is 3.05. The lowest BCUT2D eigenvalue weighted by molar-refractivity contribution is -0.388. The van der Waals surface area contributed by atoms with Crippen molar-refractivity contribution in [1.29, 1.82) is 0 Å². The Morgan fingerprint density at radius 1 is 0.875 bits per heavy atom. The number of carbonyl (C=O) groups is 1. The van der Waals surface area contributed by atoms with E-state index in [9.17, 15) is 44.3 Å².